The van der Waals surface area contributed by atoms with E-state index in [4.69, 9.17) is 4.74 Å². The standard InChI is InChI=1S/C20H23F7N4O2/c1-6-13(7-2)33-14-8-12(29-17(32)15-10(3)30-31(5)11(15)4)9-28-16(14)18(21,19(22,23)24)20(25,26)27/h8-9,13H,6-7H2,1-5H3,(H,29,32). The smallest absolute Gasteiger partial charge is 0.437 e. The SMILES string of the molecule is CCC(CC)Oc1cc(NC(=O)c2c(C)nn(C)c2C)cnc1C(F)(C(F)(F)F)C(F)(F)F. The number of halogens is 7. The number of pyridine rings is 1. The number of aromatic nitrogens is 3. The molecular formula is C20H23F7N4O2. The Labute approximate surface area is 185 Å². The molecule has 0 fully saturated rings. The lowest BCUT2D eigenvalue weighted by atomic mass is 9.98. The van der Waals surface area contributed by atoms with Gasteiger partial charge in [0.25, 0.3) is 5.91 Å². The zero-order chi connectivity index (χ0) is 25.4. The van der Waals surface area contributed by atoms with E-state index in [2.05, 4.69) is 15.4 Å². The summed E-state index contributed by atoms with van der Waals surface area (Å²) in [6.45, 7) is 6.34. The molecule has 1 amide bonds. The third-order valence-electron chi connectivity index (χ3n) is 5.16. The largest absolute Gasteiger partial charge is 0.488 e. The molecule has 0 unspecified atom stereocenters. The number of nitrogens with one attached hydrogen (secondary N) is 1. The fourth-order valence-corrected chi connectivity index (χ4v) is 3.22. The Morgan fingerprint density at radius 2 is 1.64 bits per heavy atom. The number of carbonyl (C=O) groups excluding carboxylic acids is 1. The molecule has 0 aliphatic carbocycles. The molecule has 0 spiro atoms. The number of carbonyl (C=O) groups is 1. The Balaban J connectivity index is 2.61. The molecule has 0 saturated carbocycles. The van der Waals surface area contributed by atoms with E-state index in [-0.39, 0.29) is 24.1 Å². The Kier molecular flexibility index (Phi) is 7.34. The minimum atomic E-state index is -6.36. The molecule has 13 heteroatoms. The molecule has 0 aliphatic rings. The molecule has 33 heavy (non-hydrogen) atoms. The van der Waals surface area contributed by atoms with E-state index < -0.39 is 41.5 Å². The summed E-state index contributed by atoms with van der Waals surface area (Å²) in [7, 11) is 1.59. The molecule has 0 saturated heterocycles. The predicted octanol–water partition coefficient (Wildman–Crippen LogP) is 5.54. The lowest BCUT2D eigenvalue weighted by molar-refractivity contribution is -0.350. The van der Waals surface area contributed by atoms with Crippen molar-refractivity contribution in [3.05, 3.63) is 34.9 Å². The molecule has 2 heterocycles. The fourth-order valence-electron chi connectivity index (χ4n) is 3.22. The van der Waals surface area contributed by atoms with Gasteiger partial charge in [-0.2, -0.15) is 31.4 Å². The van der Waals surface area contributed by atoms with Crippen LogP contribution in [0.25, 0.3) is 0 Å². The Hall–Kier alpha value is -2.86. The third-order valence-corrected chi connectivity index (χ3v) is 5.16. The minimum absolute atomic E-state index is 0.162. The number of alkyl halides is 7. The summed E-state index contributed by atoms with van der Waals surface area (Å²) in [5.74, 6) is -1.79. The van der Waals surface area contributed by atoms with Crippen LogP contribution >= 0.6 is 0 Å². The maximum Gasteiger partial charge on any atom is 0.437 e. The van der Waals surface area contributed by atoms with Crippen LogP contribution in [0.1, 0.15) is 54.1 Å². The average molecular weight is 484 g/mol. The molecule has 0 bridgehead atoms. The average Bonchev–Trinajstić information content (AvgIpc) is 2.95. The quantitative estimate of drug-likeness (QED) is 0.524. The van der Waals surface area contributed by atoms with Gasteiger partial charge < -0.3 is 10.1 Å². The van der Waals surface area contributed by atoms with Gasteiger partial charge in [0, 0.05) is 18.8 Å². The number of hydrogen-bond donors (Lipinski definition) is 1. The van der Waals surface area contributed by atoms with Crippen molar-refractivity contribution >= 4 is 11.6 Å². The van der Waals surface area contributed by atoms with Gasteiger partial charge in [0.1, 0.15) is 11.4 Å². The van der Waals surface area contributed by atoms with Gasteiger partial charge in [-0.15, -0.1) is 0 Å². The first-order chi connectivity index (χ1) is 15.1. The molecule has 184 valence electrons. The monoisotopic (exact) mass is 484 g/mol. The van der Waals surface area contributed by atoms with Crippen molar-refractivity contribution in [3.8, 4) is 5.75 Å². The van der Waals surface area contributed by atoms with Crippen molar-refractivity contribution in [2.24, 2.45) is 7.05 Å². The van der Waals surface area contributed by atoms with Crippen molar-refractivity contribution in [3.63, 3.8) is 0 Å². The van der Waals surface area contributed by atoms with E-state index in [9.17, 15) is 35.5 Å². The van der Waals surface area contributed by atoms with Crippen LogP contribution in [0, 0.1) is 13.8 Å². The fraction of sp³-hybridized carbons (Fsp3) is 0.550. The lowest BCUT2D eigenvalue weighted by Gasteiger charge is -2.31. The van der Waals surface area contributed by atoms with Crippen LogP contribution < -0.4 is 10.1 Å². The second-order valence-electron chi connectivity index (χ2n) is 7.40. The summed E-state index contributed by atoms with van der Waals surface area (Å²) >= 11 is 0. The normalized spacial score (nSPS) is 12.9. The van der Waals surface area contributed by atoms with E-state index in [1.807, 2.05) is 0 Å². The van der Waals surface area contributed by atoms with Crippen LogP contribution in [0.5, 0.6) is 5.75 Å². The van der Waals surface area contributed by atoms with Gasteiger partial charge in [-0.25, -0.2) is 4.39 Å². The first-order valence-electron chi connectivity index (χ1n) is 9.89. The van der Waals surface area contributed by atoms with Crippen molar-refractivity contribution in [1.29, 1.82) is 0 Å². The predicted molar refractivity (Wildman–Crippen MR) is 105 cm³/mol. The van der Waals surface area contributed by atoms with Crippen molar-refractivity contribution in [2.75, 3.05) is 5.32 Å². The summed E-state index contributed by atoms with van der Waals surface area (Å²) in [5.41, 5.74) is -7.06. The van der Waals surface area contributed by atoms with Crippen LogP contribution in [0.4, 0.5) is 36.4 Å². The highest BCUT2D eigenvalue weighted by atomic mass is 19.4. The molecule has 6 nitrogen and oxygen atoms in total. The second kappa shape index (κ2) is 9.18. The van der Waals surface area contributed by atoms with Gasteiger partial charge in [0.15, 0.2) is 0 Å². The summed E-state index contributed by atoms with van der Waals surface area (Å²) in [5, 5.41) is 6.41. The van der Waals surface area contributed by atoms with E-state index in [1.165, 1.54) is 4.68 Å². The van der Waals surface area contributed by atoms with Gasteiger partial charge >= 0.3 is 18.0 Å². The summed E-state index contributed by atoms with van der Waals surface area (Å²) in [4.78, 5) is 15.8. The van der Waals surface area contributed by atoms with Crippen LogP contribution in [-0.2, 0) is 12.7 Å². The van der Waals surface area contributed by atoms with Crippen molar-refractivity contribution < 1.29 is 40.3 Å². The van der Waals surface area contributed by atoms with Gasteiger partial charge in [-0.1, -0.05) is 13.8 Å². The number of rotatable bonds is 7. The summed E-state index contributed by atoms with van der Waals surface area (Å²) in [6, 6.07) is 0.700. The maximum absolute atomic E-state index is 14.7. The molecule has 0 atom stereocenters. The molecular weight excluding hydrogens is 461 g/mol. The molecule has 0 aliphatic heterocycles. The highest BCUT2D eigenvalue weighted by Crippen LogP contribution is 2.55. The number of ether oxygens (including phenoxy) is 1. The zero-order valence-corrected chi connectivity index (χ0v) is 18.5. The van der Waals surface area contributed by atoms with Gasteiger partial charge in [-0.3, -0.25) is 14.5 Å². The molecule has 0 radical (unpaired) electrons. The Bertz CT molecular complexity index is 997. The highest BCUT2D eigenvalue weighted by Gasteiger charge is 2.75. The topological polar surface area (TPSA) is 69.0 Å². The minimum Gasteiger partial charge on any atom is -0.488 e. The number of amides is 1. The molecule has 2 rings (SSSR count). The molecule has 0 aromatic carbocycles. The highest BCUT2D eigenvalue weighted by molar-refractivity contribution is 6.05. The van der Waals surface area contributed by atoms with Gasteiger partial charge in [0.2, 0.25) is 0 Å². The van der Waals surface area contributed by atoms with Gasteiger partial charge in [0.05, 0.1) is 29.2 Å². The van der Waals surface area contributed by atoms with E-state index in [0.717, 1.165) is 0 Å². The first kappa shape index (κ1) is 26.4. The van der Waals surface area contributed by atoms with Crippen molar-refractivity contribution in [1.82, 2.24) is 14.8 Å². The number of aryl methyl sites for hydroxylation is 2. The second-order valence-corrected chi connectivity index (χ2v) is 7.40. The number of anilines is 1. The van der Waals surface area contributed by atoms with Crippen LogP contribution in [0.15, 0.2) is 12.3 Å². The molecule has 1 N–H and O–H groups in total. The summed E-state index contributed by atoms with van der Waals surface area (Å²) < 4.78 is 101. The first-order valence-corrected chi connectivity index (χ1v) is 9.89. The van der Waals surface area contributed by atoms with E-state index in [0.29, 0.717) is 23.7 Å². The van der Waals surface area contributed by atoms with Crippen LogP contribution in [-0.4, -0.2) is 39.1 Å². The van der Waals surface area contributed by atoms with Crippen LogP contribution in [0.2, 0.25) is 0 Å². The molecule has 2 aromatic heterocycles. The lowest BCUT2D eigenvalue weighted by Crippen LogP contribution is -2.51. The van der Waals surface area contributed by atoms with Crippen LogP contribution in [0.3, 0.4) is 0 Å². The van der Waals surface area contributed by atoms with Gasteiger partial charge in [-0.05, 0) is 26.7 Å². The number of hydrogen-bond acceptors (Lipinski definition) is 4. The maximum atomic E-state index is 14.7. The number of nitrogens with zero attached hydrogens (tertiary/aromatic N) is 3. The Morgan fingerprint density at radius 3 is 2.06 bits per heavy atom. The zero-order valence-electron chi connectivity index (χ0n) is 18.5. The Morgan fingerprint density at radius 1 is 1.09 bits per heavy atom. The van der Waals surface area contributed by atoms with E-state index >= 15 is 0 Å². The van der Waals surface area contributed by atoms with Crippen molar-refractivity contribution in [2.45, 2.75) is 64.7 Å². The third kappa shape index (κ3) is 4.91. The summed E-state index contributed by atoms with van der Waals surface area (Å²) in [6.07, 6.45) is -12.6. The molecule has 2 aromatic rings. The van der Waals surface area contributed by atoms with E-state index in [1.54, 1.807) is 34.7 Å².